The van der Waals surface area contributed by atoms with Crippen LogP contribution >= 0.6 is 0 Å². The monoisotopic (exact) mass is 347 g/mol. The predicted molar refractivity (Wildman–Crippen MR) is 89.8 cm³/mol. The zero-order valence-electron chi connectivity index (χ0n) is 13.9. The smallest absolute Gasteiger partial charge is 0.326 e. The van der Waals surface area contributed by atoms with Crippen LogP contribution in [0.15, 0.2) is 30.5 Å². The molecule has 1 aromatic carbocycles. The van der Waals surface area contributed by atoms with E-state index in [1.54, 1.807) is 20.0 Å². The maximum Gasteiger partial charge on any atom is 0.326 e. The van der Waals surface area contributed by atoms with Gasteiger partial charge in [-0.15, -0.1) is 0 Å². The SMILES string of the molecule is CC(C)C(C(=O)NO)C(=O)N[C@@H](Cc1c[nH]c2ccccc12)C(=O)O. The molecule has 0 spiro atoms. The van der Waals surface area contributed by atoms with Crippen LogP contribution in [0.1, 0.15) is 19.4 Å². The van der Waals surface area contributed by atoms with Crippen molar-refractivity contribution in [1.29, 1.82) is 0 Å². The number of carbonyl (C=O) groups is 3. The average molecular weight is 347 g/mol. The minimum absolute atomic E-state index is 0.0661. The Morgan fingerprint density at radius 1 is 1.16 bits per heavy atom. The molecule has 1 unspecified atom stereocenters. The first kappa shape index (κ1) is 18.5. The Labute approximate surface area is 144 Å². The standard InChI is InChI=1S/C17H21N3O5/c1-9(2)14(16(22)20-25)15(21)19-13(17(23)24)7-10-8-18-12-6-4-3-5-11(10)12/h3-6,8-9,13-14,18,25H,7H2,1-2H3,(H,19,21)(H,20,22)(H,23,24)/t13-,14?/m0/s1. The summed E-state index contributed by atoms with van der Waals surface area (Å²) in [6.07, 6.45) is 1.77. The van der Waals surface area contributed by atoms with E-state index in [1.807, 2.05) is 24.3 Å². The highest BCUT2D eigenvalue weighted by Gasteiger charge is 2.32. The minimum atomic E-state index is -1.20. The van der Waals surface area contributed by atoms with Crippen molar-refractivity contribution in [2.45, 2.75) is 26.3 Å². The molecule has 8 heteroatoms. The van der Waals surface area contributed by atoms with E-state index >= 15 is 0 Å². The summed E-state index contributed by atoms with van der Waals surface area (Å²) >= 11 is 0. The molecule has 0 bridgehead atoms. The quantitative estimate of drug-likeness (QED) is 0.290. The van der Waals surface area contributed by atoms with E-state index in [4.69, 9.17) is 5.21 Å². The molecule has 5 N–H and O–H groups in total. The van der Waals surface area contributed by atoms with Crippen LogP contribution in [0.4, 0.5) is 0 Å². The molecule has 134 valence electrons. The molecule has 2 aromatic rings. The summed E-state index contributed by atoms with van der Waals surface area (Å²) in [4.78, 5) is 38.6. The molecule has 25 heavy (non-hydrogen) atoms. The fourth-order valence-corrected chi connectivity index (χ4v) is 2.78. The van der Waals surface area contributed by atoms with Crippen LogP contribution in [0, 0.1) is 11.8 Å². The van der Waals surface area contributed by atoms with Crippen LogP contribution < -0.4 is 10.8 Å². The molecule has 2 rings (SSSR count). The van der Waals surface area contributed by atoms with Crippen molar-refractivity contribution in [2.24, 2.45) is 11.8 Å². The van der Waals surface area contributed by atoms with Gasteiger partial charge in [0.05, 0.1) is 0 Å². The van der Waals surface area contributed by atoms with E-state index in [9.17, 15) is 19.5 Å². The normalized spacial score (nSPS) is 13.4. The van der Waals surface area contributed by atoms with Gasteiger partial charge in [-0.25, -0.2) is 10.3 Å². The van der Waals surface area contributed by atoms with Crippen LogP contribution in [-0.2, 0) is 20.8 Å². The van der Waals surface area contributed by atoms with Crippen molar-refractivity contribution in [1.82, 2.24) is 15.8 Å². The van der Waals surface area contributed by atoms with Crippen LogP contribution in [0.25, 0.3) is 10.9 Å². The van der Waals surface area contributed by atoms with Crippen molar-refractivity contribution in [3.63, 3.8) is 0 Å². The predicted octanol–water partition coefficient (Wildman–Crippen LogP) is 1.06. The lowest BCUT2D eigenvalue weighted by Crippen LogP contribution is -2.49. The number of para-hydroxylation sites is 1. The molecule has 0 saturated carbocycles. The number of H-pyrrole nitrogens is 1. The Bertz CT molecular complexity index is 783. The van der Waals surface area contributed by atoms with Crippen LogP contribution in [-0.4, -0.2) is 39.1 Å². The number of amides is 2. The van der Waals surface area contributed by atoms with Gasteiger partial charge in [-0.05, 0) is 17.5 Å². The molecule has 0 aliphatic rings. The van der Waals surface area contributed by atoms with Crippen molar-refractivity contribution in [3.05, 3.63) is 36.0 Å². The number of rotatable bonds is 7. The van der Waals surface area contributed by atoms with E-state index in [-0.39, 0.29) is 6.42 Å². The number of hydrogen-bond acceptors (Lipinski definition) is 4. The number of fused-ring (bicyclic) bond motifs is 1. The van der Waals surface area contributed by atoms with Gasteiger partial charge in [0.2, 0.25) is 5.91 Å². The minimum Gasteiger partial charge on any atom is -0.480 e. The summed E-state index contributed by atoms with van der Waals surface area (Å²) in [6, 6.07) is 6.24. The third-order valence-corrected chi connectivity index (χ3v) is 4.06. The van der Waals surface area contributed by atoms with E-state index in [2.05, 4.69) is 10.3 Å². The summed E-state index contributed by atoms with van der Waals surface area (Å²) < 4.78 is 0. The second-order valence-electron chi connectivity index (χ2n) is 6.16. The molecule has 0 saturated heterocycles. The lowest BCUT2D eigenvalue weighted by molar-refractivity contribution is -0.147. The molecule has 1 heterocycles. The van der Waals surface area contributed by atoms with Gasteiger partial charge in [0.15, 0.2) is 0 Å². The number of aliphatic carboxylic acids is 1. The number of hydrogen-bond donors (Lipinski definition) is 5. The maximum absolute atomic E-state index is 12.3. The number of carboxylic acids is 1. The molecule has 2 atom stereocenters. The van der Waals surface area contributed by atoms with Gasteiger partial charge in [0.25, 0.3) is 5.91 Å². The van der Waals surface area contributed by atoms with Crippen molar-refractivity contribution in [3.8, 4) is 0 Å². The van der Waals surface area contributed by atoms with Crippen molar-refractivity contribution < 1.29 is 24.7 Å². The van der Waals surface area contributed by atoms with Gasteiger partial charge in [0.1, 0.15) is 12.0 Å². The lowest BCUT2D eigenvalue weighted by Gasteiger charge is -2.21. The van der Waals surface area contributed by atoms with Gasteiger partial charge in [-0.1, -0.05) is 32.0 Å². The summed E-state index contributed by atoms with van der Waals surface area (Å²) in [5, 5.41) is 21.5. The molecule has 2 amide bonds. The van der Waals surface area contributed by atoms with Gasteiger partial charge in [0, 0.05) is 23.5 Å². The van der Waals surface area contributed by atoms with Crippen LogP contribution in [0.5, 0.6) is 0 Å². The van der Waals surface area contributed by atoms with Crippen molar-refractivity contribution in [2.75, 3.05) is 0 Å². The molecule has 0 fully saturated rings. The van der Waals surface area contributed by atoms with Gasteiger partial charge < -0.3 is 15.4 Å². The summed E-state index contributed by atoms with van der Waals surface area (Å²) in [5.41, 5.74) is 3.06. The first-order chi connectivity index (χ1) is 11.8. The second kappa shape index (κ2) is 7.80. The highest BCUT2D eigenvalue weighted by atomic mass is 16.5. The third-order valence-electron chi connectivity index (χ3n) is 4.06. The molecule has 0 aliphatic heterocycles. The van der Waals surface area contributed by atoms with E-state index in [0.717, 1.165) is 16.5 Å². The fourth-order valence-electron chi connectivity index (χ4n) is 2.78. The van der Waals surface area contributed by atoms with Crippen molar-refractivity contribution >= 4 is 28.7 Å². The first-order valence-corrected chi connectivity index (χ1v) is 7.87. The summed E-state index contributed by atoms with van der Waals surface area (Å²) in [7, 11) is 0. The molecular formula is C17H21N3O5. The van der Waals surface area contributed by atoms with Gasteiger partial charge in [-0.2, -0.15) is 0 Å². The highest BCUT2D eigenvalue weighted by Crippen LogP contribution is 2.19. The number of aromatic nitrogens is 1. The van der Waals surface area contributed by atoms with E-state index in [1.165, 1.54) is 5.48 Å². The lowest BCUT2D eigenvalue weighted by atomic mass is 9.93. The van der Waals surface area contributed by atoms with Gasteiger partial charge >= 0.3 is 5.97 Å². The number of carboxylic acid groups (broad SMARTS) is 1. The van der Waals surface area contributed by atoms with Crippen LogP contribution in [0.2, 0.25) is 0 Å². The zero-order chi connectivity index (χ0) is 18.6. The largest absolute Gasteiger partial charge is 0.480 e. The number of aromatic amines is 1. The average Bonchev–Trinajstić information content (AvgIpc) is 2.97. The molecule has 1 aromatic heterocycles. The second-order valence-corrected chi connectivity index (χ2v) is 6.16. The Balaban J connectivity index is 2.19. The number of benzene rings is 1. The summed E-state index contributed by atoms with van der Waals surface area (Å²) in [6.45, 7) is 3.27. The molecule has 8 nitrogen and oxygen atoms in total. The molecular weight excluding hydrogens is 326 g/mol. The topological polar surface area (TPSA) is 132 Å². The van der Waals surface area contributed by atoms with E-state index < -0.39 is 35.7 Å². The Morgan fingerprint density at radius 3 is 2.44 bits per heavy atom. The molecule has 0 aliphatic carbocycles. The number of hydroxylamine groups is 1. The first-order valence-electron chi connectivity index (χ1n) is 7.87. The van der Waals surface area contributed by atoms with E-state index in [0.29, 0.717) is 0 Å². The Hall–Kier alpha value is -2.87. The zero-order valence-corrected chi connectivity index (χ0v) is 13.9. The Kier molecular flexibility index (Phi) is 5.76. The van der Waals surface area contributed by atoms with Crippen LogP contribution in [0.3, 0.4) is 0 Å². The van der Waals surface area contributed by atoms with Gasteiger partial charge in [-0.3, -0.25) is 14.8 Å². The maximum atomic E-state index is 12.3. The highest BCUT2D eigenvalue weighted by molar-refractivity contribution is 6.01. The number of nitrogens with one attached hydrogen (secondary N) is 3. The third kappa shape index (κ3) is 4.16. The summed E-state index contributed by atoms with van der Waals surface area (Å²) in [5.74, 6) is -4.41. The molecule has 0 radical (unpaired) electrons. The number of carbonyl (C=O) groups excluding carboxylic acids is 2. The fraction of sp³-hybridized carbons (Fsp3) is 0.353. The Morgan fingerprint density at radius 2 is 1.84 bits per heavy atom.